The van der Waals surface area contributed by atoms with E-state index in [9.17, 15) is 0 Å². The molecule has 0 amide bonds. The first-order chi connectivity index (χ1) is 7.84. The van der Waals surface area contributed by atoms with Crippen LogP contribution in [0.25, 0.3) is 0 Å². The van der Waals surface area contributed by atoms with Crippen LogP contribution in [0.4, 0.5) is 16.5 Å². The monoisotopic (exact) mass is 236 g/mol. The van der Waals surface area contributed by atoms with E-state index in [1.165, 1.54) is 11.3 Å². The molecule has 0 spiro atoms. The predicted octanol–water partition coefficient (Wildman–Crippen LogP) is 3.19. The largest absolute Gasteiger partial charge is 0.399 e. The van der Waals surface area contributed by atoms with Gasteiger partial charge in [0, 0.05) is 17.3 Å². The van der Waals surface area contributed by atoms with Gasteiger partial charge in [-0.2, -0.15) is 0 Å². The lowest BCUT2D eigenvalue weighted by Gasteiger charge is -2.06. The average molecular weight is 236 g/mol. The van der Waals surface area contributed by atoms with Crippen LogP contribution in [0.15, 0.2) is 35.8 Å². The van der Waals surface area contributed by atoms with Gasteiger partial charge in [-0.05, 0) is 24.3 Å². The maximum atomic E-state index is 5.56. The number of nitrogen functional groups attached to an aromatic ring is 1. The van der Waals surface area contributed by atoms with E-state index >= 15 is 0 Å². The first kappa shape index (κ1) is 12.3. The molecule has 0 aliphatic rings. The summed E-state index contributed by atoms with van der Waals surface area (Å²) in [6.45, 7) is 4.00. The van der Waals surface area contributed by atoms with Crippen LogP contribution >= 0.6 is 11.3 Å². The number of aromatic nitrogens is 1. The van der Waals surface area contributed by atoms with E-state index in [0.717, 1.165) is 16.5 Å². The molecule has 1 heterocycles. The number of hydrazine groups is 1. The highest BCUT2D eigenvalue weighted by Crippen LogP contribution is 2.13. The van der Waals surface area contributed by atoms with E-state index < -0.39 is 0 Å². The van der Waals surface area contributed by atoms with Gasteiger partial charge < -0.3 is 5.73 Å². The van der Waals surface area contributed by atoms with Gasteiger partial charge in [0.15, 0.2) is 0 Å². The topological polar surface area (TPSA) is 63.0 Å². The molecule has 86 valence electrons. The number of benzene rings is 1. The van der Waals surface area contributed by atoms with Gasteiger partial charge in [0.05, 0.1) is 5.69 Å². The molecule has 0 bridgehead atoms. The third kappa shape index (κ3) is 3.78. The lowest BCUT2D eigenvalue weighted by molar-refractivity contribution is 1.33. The molecule has 0 aliphatic heterocycles. The summed E-state index contributed by atoms with van der Waals surface area (Å²) in [5, 5.41) is 2.74. The highest BCUT2D eigenvalue weighted by atomic mass is 32.1. The van der Waals surface area contributed by atoms with Crippen molar-refractivity contribution in [2.45, 2.75) is 13.8 Å². The van der Waals surface area contributed by atoms with Crippen molar-refractivity contribution in [1.29, 1.82) is 0 Å². The Labute approximate surface area is 99.5 Å². The second-order valence-corrected chi connectivity index (χ2v) is 3.60. The maximum absolute atomic E-state index is 5.56. The van der Waals surface area contributed by atoms with E-state index in [2.05, 4.69) is 15.8 Å². The highest BCUT2D eigenvalue weighted by molar-refractivity contribution is 7.13. The van der Waals surface area contributed by atoms with E-state index in [4.69, 9.17) is 5.73 Å². The van der Waals surface area contributed by atoms with Crippen LogP contribution < -0.4 is 16.6 Å². The van der Waals surface area contributed by atoms with Crippen LogP contribution in [0.3, 0.4) is 0 Å². The molecule has 0 saturated carbocycles. The molecule has 5 heteroatoms. The zero-order valence-corrected chi connectivity index (χ0v) is 10.2. The van der Waals surface area contributed by atoms with Crippen molar-refractivity contribution < 1.29 is 0 Å². The highest BCUT2D eigenvalue weighted by Gasteiger charge is 1.93. The Morgan fingerprint density at radius 3 is 2.38 bits per heavy atom. The van der Waals surface area contributed by atoms with Crippen LogP contribution in [-0.2, 0) is 0 Å². The molecule has 2 aromatic rings. The average Bonchev–Trinajstić information content (AvgIpc) is 2.84. The number of rotatable bonds is 3. The zero-order chi connectivity index (χ0) is 11.8. The minimum absolute atomic E-state index is 0.754. The number of nitrogens with one attached hydrogen (secondary N) is 2. The minimum Gasteiger partial charge on any atom is -0.399 e. The third-order valence-corrected chi connectivity index (χ3v) is 2.35. The van der Waals surface area contributed by atoms with Crippen LogP contribution in [0.5, 0.6) is 0 Å². The molecular formula is C11H16N4S. The van der Waals surface area contributed by atoms with Gasteiger partial charge >= 0.3 is 0 Å². The quantitative estimate of drug-likeness (QED) is 0.565. The Balaban J connectivity index is 0.000000606. The van der Waals surface area contributed by atoms with Gasteiger partial charge in [0.2, 0.25) is 5.13 Å². The van der Waals surface area contributed by atoms with Gasteiger partial charge in [-0.1, -0.05) is 13.8 Å². The van der Waals surface area contributed by atoms with Crippen molar-refractivity contribution in [3.8, 4) is 0 Å². The van der Waals surface area contributed by atoms with Crippen LogP contribution in [-0.4, -0.2) is 4.98 Å². The van der Waals surface area contributed by atoms with E-state index in [0.29, 0.717) is 0 Å². The van der Waals surface area contributed by atoms with Gasteiger partial charge in [-0.15, -0.1) is 11.3 Å². The Kier molecular flexibility index (Phi) is 5.15. The summed E-state index contributed by atoms with van der Waals surface area (Å²) in [4.78, 5) is 4.07. The number of nitrogens with zero attached hydrogens (tertiary/aromatic N) is 1. The molecular weight excluding hydrogens is 220 g/mol. The van der Waals surface area contributed by atoms with E-state index in [1.54, 1.807) is 6.20 Å². The summed E-state index contributed by atoms with van der Waals surface area (Å²) in [6.07, 6.45) is 1.75. The number of thiazole rings is 1. The Bertz CT molecular complexity index is 383. The molecule has 2 rings (SSSR count). The van der Waals surface area contributed by atoms with Crippen molar-refractivity contribution in [3.63, 3.8) is 0 Å². The molecule has 4 N–H and O–H groups in total. The molecule has 0 atom stereocenters. The van der Waals surface area contributed by atoms with E-state index in [1.807, 2.05) is 43.5 Å². The molecule has 16 heavy (non-hydrogen) atoms. The van der Waals surface area contributed by atoms with Crippen molar-refractivity contribution in [2.24, 2.45) is 0 Å². The molecule has 1 aromatic carbocycles. The fraction of sp³-hybridized carbons (Fsp3) is 0.182. The lowest BCUT2D eigenvalue weighted by Crippen LogP contribution is -2.07. The Morgan fingerprint density at radius 1 is 1.12 bits per heavy atom. The van der Waals surface area contributed by atoms with Crippen molar-refractivity contribution in [3.05, 3.63) is 35.8 Å². The number of anilines is 3. The van der Waals surface area contributed by atoms with Crippen LogP contribution in [0.1, 0.15) is 13.8 Å². The fourth-order valence-electron chi connectivity index (χ4n) is 0.977. The van der Waals surface area contributed by atoms with Gasteiger partial charge in [0.25, 0.3) is 0 Å². The first-order valence-electron chi connectivity index (χ1n) is 5.12. The smallest absolute Gasteiger partial charge is 0.201 e. The van der Waals surface area contributed by atoms with Gasteiger partial charge in [-0.3, -0.25) is 10.9 Å². The van der Waals surface area contributed by atoms with Crippen LogP contribution in [0, 0.1) is 0 Å². The summed E-state index contributed by atoms with van der Waals surface area (Å²) in [7, 11) is 0. The second kappa shape index (κ2) is 6.68. The summed E-state index contributed by atoms with van der Waals surface area (Å²) < 4.78 is 0. The van der Waals surface area contributed by atoms with E-state index in [-0.39, 0.29) is 0 Å². The number of hydrogen-bond donors (Lipinski definition) is 3. The van der Waals surface area contributed by atoms with Crippen molar-refractivity contribution in [1.82, 2.24) is 4.98 Å². The molecule has 0 unspecified atom stereocenters. The van der Waals surface area contributed by atoms with Crippen molar-refractivity contribution >= 4 is 27.8 Å². The first-order valence-corrected chi connectivity index (χ1v) is 5.99. The molecule has 0 fully saturated rings. The molecule has 0 radical (unpaired) electrons. The number of hydrogen-bond acceptors (Lipinski definition) is 5. The summed E-state index contributed by atoms with van der Waals surface area (Å²) in [6, 6.07) is 7.48. The predicted molar refractivity (Wildman–Crippen MR) is 71.6 cm³/mol. The molecule has 1 aromatic heterocycles. The Hall–Kier alpha value is -1.75. The normalized spacial score (nSPS) is 8.88. The molecule has 4 nitrogen and oxygen atoms in total. The standard InChI is InChI=1S/C9H10N4S.C2H6/c10-7-1-3-8(4-2-7)12-13-9-11-5-6-14-9;1-2/h1-6,12H,10H2,(H,11,13);1-2H3. The van der Waals surface area contributed by atoms with Gasteiger partial charge in [-0.25, -0.2) is 4.98 Å². The lowest BCUT2D eigenvalue weighted by atomic mass is 10.3. The van der Waals surface area contributed by atoms with Gasteiger partial charge in [0.1, 0.15) is 0 Å². The minimum atomic E-state index is 0.754. The summed E-state index contributed by atoms with van der Waals surface area (Å²) >= 11 is 1.54. The fourth-order valence-corrected chi connectivity index (χ4v) is 1.46. The summed E-state index contributed by atoms with van der Waals surface area (Å²) in [5.74, 6) is 0. The second-order valence-electron chi connectivity index (χ2n) is 2.71. The summed E-state index contributed by atoms with van der Waals surface area (Å²) in [5.41, 5.74) is 13.3. The molecule has 0 saturated heterocycles. The number of nitrogens with two attached hydrogens (primary N) is 1. The third-order valence-electron chi connectivity index (χ3n) is 1.66. The zero-order valence-electron chi connectivity index (χ0n) is 9.40. The maximum Gasteiger partial charge on any atom is 0.201 e. The van der Waals surface area contributed by atoms with Crippen molar-refractivity contribution in [2.75, 3.05) is 16.6 Å². The Morgan fingerprint density at radius 2 is 1.81 bits per heavy atom. The SMILES string of the molecule is CC.Nc1ccc(NNc2nccs2)cc1. The van der Waals surface area contributed by atoms with Crippen LogP contribution in [0.2, 0.25) is 0 Å². The molecule has 0 aliphatic carbocycles.